The fraction of sp³-hybridized carbons (Fsp3) is 1.00. The number of hydrogen-bond acceptors (Lipinski definition) is 3. The van der Waals surface area contributed by atoms with Gasteiger partial charge in [-0.3, -0.25) is 4.90 Å². The zero-order valence-corrected chi connectivity index (χ0v) is 11.2. The van der Waals surface area contributed by atoms with E-state index in [2.05, 4.69) is 12.2 Å². The highest BCUT2D eigenvalue weighted by molar-refractivity contribution is 5.85. The van der Waals surface area contributed by atoms with Gasteiger partial charge in [0.15, 0.2) is 5.60 Å². The molecule has 3 nitrogen and oxygen atoms in total. The number of aliphatic hydroxyl groups is 1. The molecule has 7 heteroatoms. The van der Waals surface area contributed by atoms with E-state index in [0.717, 1.165) is 19.5 Å². The predicted octanol–water partition coefficient (Wildman–Crippen LogP) is 1.41. The molecule has 2 heterocycles. The monoisotopic (exact) mass is 288 g/mol. The summed E-state index contributed by atoms with van der Waals surface area (Å²) < 4.78 is 37.9. The van der Waals surface area contributed by atoms with Gasteiger partial charge in [-0.1, -0.05) is 6.92 Å². The molecule has 0 saturated carbocycles. The van der Waals surface area contributed by atoms with Crippen LogP contribution in [0.15, 0.2) is 0 Å². The summed E-state index contributed by atoms with van der Waals surface area (Å²) in [4.78, 5) is 1.74. The molecule has 2 aliphatic rings. The molecule has 0 amide bonds. The highest BCUT2D eigenvalue weighted by atomic mass is 35.5. The normalized spacial score (nSPS) is 37.8. The number of β-amino-alcohol motifs (C(OH)–C–C–N with tert-alkyl or cyclic N) is 1. The van der Waals surface area contributed by atoms with Crippen LogP contribution in [-0.2, 0) is 0 Å². The summed E-state index contributed by atoms with van der Waals surface area (Å²) in [6, 6.07) is 0. The molecule has 0 spiro atoms. The third-order valence-corrected chi connectivity index (χ3v) is 3.92. The second-order valence-electron chi connectivity index (χ2n) is 5.73. The van der Waals surface area contributed by atoms with Crippen molar-refractivity contribution in [2.24, 2.45) is 5.41 Å². The van der Waals surface area contributed by atoms with Crippen LogP contribution < -0.4 is 5.32 Å². The maximum atomic E-state index is 12.6. The fourth-order valence-corrected chi connectivity index (χ4v) is 2.78. The van der Waals surface area contributed by atoms with Crippen LogP contribution in [0.5, 0.6) is 0 Å². The average molecular weight is 289 g/mol. The molecule has 0 aromatic heterocycles. The van der Waals surface area contributed by atoms with Crippen molar-refractivity contribution in [2.45, 2.75) is 31.5 Å². The molecule has 108 valence electrons. The van der Waals surface area contributed by atoms with E-state index < -0.39 is 11.8 Å². The number of halogens is 4. The van der Waals surface area contributed by atoms with Crippen LogP contribution in [0.2, 0.25) is 0 Å². The molecular formula is C11H20ClF3N2O. The first-order valence-corrected chi connectivity index (χ1v) is 5.96. The van der Waals surface area contributed by atoms with E-state index in [0.29, 0.717) is 13.1 Å². The third-order valence-electron chi connectivity index (χ3n) is 3.92. The first-order chi connectivity index (χ1) is 7.74. The molecule has 2 unspecified atom stereocenters. The lowest BCUT2D eigenvalue weighted by Crippen LogP contribution is -2.48. The van der Waals surface area contributed by atoms with Gasteiger partial charge in [0, 0.05) is 26.2 Å². The molecule has 2 N–H and O–H groups in total. The fourth-order valence-electron chi connectivity index (χ4n) is 2.78. The highest BCUT2D eigenvalue weighted by Gasteiger charge is 2.57. The molecule has 18 heavy (non-hydrogen) atoms. The van der Waals surface area contributed by atoms with Gasteiger partial charge in [-0.15, -0.1) is 12.4 Å². The summed E-state index contributed by atoms with van der Waals surface area (Å²) in [6.07, 6.45) is -3.75. The largest absolute Gasteiger partial charge is 0.418 e. The van der Waals surface area contributed by atoms with Crippen LogP contribution in [0.25, 0.3) is 0 Å². The Morgan fingerprint density at radius 2 is 2.00 bits per heavy atom. The van der Waals surface area contributed by atoms with E-state index in [4.69, 9.17) is 0 Å². The molecule has 0 aromatic rings. The number of alkyl halides is 3. The maximum Gasteiger partial charge on any atom is 0.418 e. The van der Waals surface area contributed by atoms with Crippen molar-refractivity contribution in [1.29, 1.82) is 0 Å². The van der Waals surface area contributed by atoms with Crippen LogP contribution in [0.3, 0.4) is 0 Å². The third kappa shape index (κ3) is 3.10. The molecule has 2 atom stereocenters. The molecule has 2 fully saturated rings. The maximum absolute atomic E-state index is 12.6. The number of rotatable bonds is 2. The Balaban J connectivity index is 0.00000162. The lowest BCUT2D eigenvalue weighted by Gasteiger charge is -2.31. The van der Waals surface area contributed by atoms with Crippen molar-refractivity contribution < 1.29 is 18.3 Å². The number of likely N-dealkylation sites (tertiary alicyclic amines) is 1. The van der Waals surface area contributed by atoms with Crippen LogP contribution in [0, 0.1) is 5.41 Å². The summed E-state index contributed by atoms with van der Waals surface area (Å²) in [7, 11) is 0. The minimum atomic E-state index is -4.52. The van der Waals surface area contributed by atoms with E-state index >= 15 is 0 Å². The second kappa shape index (κ2) is 5.15. The van der Waals surface area contributed by atoms with E-state index in [-0.39, 0.29) is 30.8 Å². The van der Waals surface area contributed by atoms with E-state index in [1.807, 2.05) is 0 Å². The van der Waals surface area contributed by atoms with E-state index in [1.165, 1.54) is 0 Å². The lowest BCUT2D eigenvalue weighted by atomic mass is 9.89. The van der Waals surface area contributed by atoms with Gasteiger partial charge in [0.25, 0.3) is 0 Å². The minimum absolute atomic E-state index is 0. The first-order valence-electron chi connectivity index (χ1n) is 5.96. The van der Waals surface area contributed by atoms with Gasteiger partial charge in [0.05, 0.1) is 0 Å². The second-order valence-corrected chi connectivity index (χ2v) is 5.73. The van der Waals surface area contributed by atoms with Gasteiger partial charge in [0.1, 0.15) is 0 Å². The van der Waals surface area contributed by atoms with Crippen molar-refractivity contribution in [3.8, 4) is 0 Å². The van der Waals surface area contributed by atoms with Crippen molar-refractivity contribution >= 4 is 12.4 Å². The summed E-state index contributed by atoms with van der Waals surface area (Å²) in [5, 5.41) is 12.8. The average Bonchev–Trinajstić information content (AvgIpc) is 2.74. The first kappa shape index (κ1) is 16.0. The Morgan fingerprint density at radius 3 is 2.44 bits per heavy atom. The van der Waals surface area contributed by atoms with Crippen molar-refractivity contribution in [3.05, 3.63) is 0 Å². The Morgan fingerprint density at radius 1 is 1.33 bits per heavy atom. The van der Waals surface area contributed by atoms with Crippen LogP contribution in [-0.4, -0.2) is 54.5 Å². The van der Waals surface area contributed by atoms with Crippen molar-refractivity contribution in [1.82, 2.24) is 10.2 Å². The van der Waals surface area contributed by atoms with Crippen LogP contribution >= 0.6 is 12.4 Å². The van der Waals surface area contributed by atoms with Gasteiger partial charge in [0.2, 0.25) is 0 Å². The molecule has 2 saturated heterocycles. The summed E-state index contributed by atoms with van der Waals surface area (Å²) >= 11 is 0. The molecule has 0 aliphatic carbocycles. The minimum Gasteiger partial charge on any atom is -0.379 e. The predicted molar refractivity (Wildman–Crippen MR) is 64.9 cm³/mol. The van der Waals surface area contributed by atoms with Crippen LogP contribution in [0.4, 0.5) is 13.2 Å². The topological polar surface area (TPSA) is 35.5 Å². The molecular weight excluding hydrogens is 269 g/mol. The Bertz CT molecular complexity index is 295. The summed E-state index contributed by atoms with van der Waals surface area (Å²) in [5.74, 6) is 0. The molecule has 2 aliphatic heterocycles. The standard InChI is InChI=1S/C11H19F3N2O.ClH/c1-9(2-4-15-6-9)7-16-5-3-10(17,8-16)11(12,13)14;/h15,17H,2-8H2,1H3;1H. The zero-order chi connectivity index (χ0) is 12.7. The lowest BCUT2D eigenvalue weighted by molar-refractivity contribution is -0.254. The quantitative estimate of drug-likeness (QED) is 0.806. The van der Waals surface area contributed by atoms with Crippen LogP contribution in [0.1, 0.15) is 19.8 Å². The van der Waals surface area contributed by atoms with Gasteiger partial charge in [-0.05, 0) is 24.8 Å². The van der Waals surface area contributed by atoms with Crippen molar-refractivity contribution in [2.75, 3.05) is 32.7 Å². The molecule has 2 rings (SSSR count). The Kier molecular flexibility index (Phi) is 4.58. The van der Waals surface area contributed by atoms with Gasteiger partial charge in [-0.2, -0.15) is 13.2 Å². The Hall–Kier alpha value is -0.0400. The van der Waals surface area contributed by atoms with E-state index in [9.17, 15) is 18.3 Å². The molecule has 0 aromatic carbocycles. The summed E-state index contributed by atoms with van der Waals surface area (Å²) in [6.45, 7) is 4.51. The van der Waals surface area contributed by atoms with Crippen molar-refractivity contribution in [3.63, 3.8) is 0 Å². The zero-order valence-electron chi connectivity index (χ0n) is 10.4. The van der Waals surface area contributed by atoms with Gasteiger partial charge < -0.3 is 10.4 Å². The molecule has 0 radical (unpaired) electrons. The Labute approximate surface area is 111 Å². The number of nitrogens with one attached hydrogen (secondary N) is 1. The smallest absolute Gasteiger partial charge is 0.379 e. The van der Waals surface area contributed by atoms with Gasteiger partial charge >= 0.3 is 6.18 Å². The SMILES string of the molecule is CC1(CN2CCC(O)(C(F)(F)F)C2)CCNC1.Cl. The molecule has 0 bridgehead atoms. The number of nitrogens with zero attached hydrogens (tertiary/aromatic N) is 1. The van der Waals surface area contributed by atoms with Gasteiger partial charge in [-0.25, -0.2) is 0 Å². The number of hydrogen-bond donors (Lipinski definition) is 2. The van der Waals surface area contributed by atoms with E-state index in [1.54, 1.807) is 4.90 Å². The highest BCUT2D eigenvalue weighted by Crippen LogP contribution is 2.39. The summed E-state index contributed by atoms with van der Waals surface area (Å²) in [5.41, 5.74) is -2.47.